The van der Waals surface area contributed by atoms with Gasteiger partial charge in [-0.3, -0.25) is 0 Å². The van der Waals surface area contributed by atoms with Crippen LogP contribution in [-0.4, -0.2) is 35.0 Å². The molecular weight excluding hydrogens is 388 g/mol. The number of methoxy groups -OCH3 is 4. The summed E-state index contributed by atoms with van der Waals surface area (Å²) in [6.45, 7) is 4.53. The smallest absolute Gasteiger partial charge is 0.123 e. The first kappa shape index (κ1) is 22.4. The van der Waals surface area contributed by atoms with Crippen LogP contribution in [0.15, 0.2) is 61.2 Å². The second kappa shape index (κ2) is 10.7. The van der Waals surface area contributed by atoms with Crippen molar-refractivity contribution < 1.29 is 18.9 Å². The van der Waals surface area contributed by atoms with Crippen LogP contribution in [0.25, 0.3) is 16.8 Å². The second-order valence-electron chi connectivity index (χ2n) is 7.17. The third kappa shape index (κ3) is 4.92. The molecule has 31 heavy (non-hydrogen) atoms. The van der Waals surface area contributed by atoms with Gasteiger partial charge >= 0.3 is 0 Å². The van der Waals surface area contributed by atoms with Crippen molar-refractivity contribution in [2.45, 2.75) is 12.8 Å². The van der Waals surface area contributed by atoms with E-state index in [1.165, 1.54) is 5.56 Å². The summed E-state index contributed by atoms with van der Waals surface area (Å²) < 4.78 is 22.2. The van der Waals surface area contributed by atoms with E-state index in [1.54, 1.807) is 28.4 Å². The van der Waals surface area contributed by atoms with E-state index in [1.807, 2.05) is 30.4 Å². The molecule has 0 unspecified atom stereocenters. The molecule has 4 nitrogen and oxygen atoms in total. The predicted octanol–water partition coefficient (Wildman–Crippen LogP) is 5.84. The van der Waals surface area contributed by atoms with Gasteiger partial charge in [-0.1, -0.05) is 36.4 Å². The number of rotatable bonds is 10. The van der Waals surface area contributed by atoms with E-state index in [9.17, 15) is 0 Å². The predicted molar refractivity (Wildman–Crippen MR) is 128 cm³/mol. The summed E-state index contributed by atoms with van der Waals surface area (Å²) in [7, 11) is 6.79. The third-order valence-corrected chi connectivity index (χ3v) is 5.42. The first-order valence-corrected chi connectivity index (χ1v) is 10.3. The van der Waals surface area contributed by atoms with E-state index < -0.39 is 0 Å². The van der Waals surface area contributed by atoms with Crippen LogP contribution in [0, 0.1) is 0 Å². The van der Waals surface area contributed by atoms with Crippen LogP contribution in [-0.2, 0) is 17.6 Å². The number of hydrogen-bond acceptors (Lipinski definition) is 4. The lowest BCUT2D eigenvalue weighted by molar-refractivity contribution is 0.234. The van der Waals surface area contributed by atoms with E-state index in [4.69, 9.17) is 18.9 Å². The lowest BCUT2D eigenvalue weighted by Gasteiger charge is -2.19. The lowest BCUT2D eigenvalue weighted by Crippen LogP contribution is -2.04. The molecule has 0 radical (unpaired) electrons. The highest BCUT2D eigenvalue weighted by Gasteiger charge is 2.17. The van der Waals surface area contributed by atoms with Crippen molar-refractivity contribution in [1.29, 1.82) is 0 Å². The van der Waals surface area contributed by atoms with Crippen molar-refractivity contribution in [2.24, 2.45) is 0 Å². The molecule has 3 rings (SSSR count). The molecule has 0 N–H and O–H groups in total. The van der Waals surface area contributed by atoms with Gasteiger partial charge in [0.15, 0.2) is 0 Å². The molecule has 0 fully saturated rings. The van der Waals surface area contributed by atoms with Crippen LogP contribution in [0.2, 0.25) is 0 Å². The van der Waals surface area contributed by atoms with Gasteiger partial charge in [0.05, 0.1) is 27.9 Å². The zero-order valence-corrected chi connectivity index (χ0v) is 18.7. The molecule has 0 aliphatic rings. The highest BCUT2D eigenvalue weighted by atomic mass is 16.5. The Balaban J connectivity index is 2.22. The fourth-order valence-electron chi connectivity index (χ4n) is 3.91. The zero-order chi connectivity index (χ0) is 22.2. The fourth-order valence-corrected chi connectivity index (χ4v) is 3.91. The monoisotopic (exact) mass is 418 g/mol. The van der Waals surface area contributed by atoms with Gasteiger partial charge in [-0.2, -0.15) is 0 Å². The molecule has 0 heterocycles. The van der Waals surface area contributed by atoms with Crippen LogP contribution in [0.4, 0.5) is 0 Å². The molecule has 0 saturated carbocycles. The van der Waals surface area contributed by atoms with Gasteiger partial charge in [-0.05, 0) is 52.6 Å². The van der Waals surface area contributed by atoms with Gasteiger partial charge < -0.3 is 18.9 Å². The molecule has 162 valence electrons. The maximum atomic E-state index is 5.77. The number of benzene rings is 3. The minimum Gasteiger partial charge on any atom is -0.497 e. The Morgan fingerprint density at radius 2 is 1.52 bits per heavy atom. The molecule has 0 bridgehead atoms. The average Bonchev–Trinajstić information content (AvgIpc) is 2.80. The molecule has 0 atom stereocenters. The zero-order valence-electron chi connectivity index (χ0n) is 18.7. The van der Waals surface area contributed by atoms with Gasteiger partial charge in [-0.15, -0.1) is 6.58 Å². The standard InChI is InChI=1S/C27H30O4/c1-6-8-22-19(9-7-16-28-2)11-14-26(30-4)24(22)18-25-23-17-21(29-3)13-10-20(23)12-15-27(25)31-5/h6-7,9-15,17H,1,8,16,18H2,2-5H3/b9-7-. The van der Waals surface area contributed by atoms with Gasteiger partial charge in [-0.25, -0.2) is 0 Å². The molecule has 0 aliphatic heterocycles. The number of hydrogen-bond donors (Lipinski definition) is 0. The van der Waals surface area contributed by atoms with Gasteiger partial charge in [0.1, 0.15) is 17.2 Å². The van der Waals surface area contributed by atoms with Crippen LogP contribution in [0.1, 0.15) is 22.3 Å². The van der Waals surface area contributed by atoms with E-state index in [0.717, 1.165) is 51.1 Å². The Kier molecular flexibility index (Phi) is 7.74. The van der Waals surface area contributed by atoms with Crippen molar-refractivity contribution in [3.8, 4) is 17.2 Å². The van der Waals surface area contributed by atoms with Crippen LogP contribution >= 0.6 is 0 Å². The summed E-state index contributed by atoms with van der Waals surface area (Å²) in [5, 5.41) is 2.24. The molecule has 3 aromatic carbocycles. The van der Waals surface area contributed by atoms with E-state index in [2.05, 4.69) is 36.9 Å². The minimum atomic E-state index is 0.561. The highest BCUT2D eigenvalue weighted by molar-refractivity contribution is 5.89. The van der Waals surface area contributed by atoms with Crippen molar-refractivity contribution in [3.63, 3.8) is 0 Å². The number of ether oxygens (including phenoxy) is 4. The van der Waals surface area contributed by atoms with Crippen LogP contribution in [0.3, 0.4) is 0 Å². The Morgan fingerprint density at radius 3 is 2.19 bits per heavy atom. The van der Waals surface area contributed by atoms with Crippen LogP contribution < -0.4 is 14.2 Å². The third-order valence-electron chi connectivity index (χ3n) is 5.42. The fraction of sp³-hybridized carbons (Fsp3) is 0.259. The van der Waals surface area contributed by atoms with Crippen molar-refractivity contribution in [2.75, 3.05) is 35.0 Å². The maximum Gasteiger partial charge on any atom is 0.123 e. The highest BCUT2D eigenvalue weighted by Crippen LogP contribution is 2.36. The number of fused-ring (bicyclic) bond motifs is 1. The summed E-state index contributed by atoms with van der Waals surface area (Å²) in [4.78, 5) is 0. The van der Waals surface area contributed by atoms with Crippen molar-refractivity contribution >= 4 is 16.8 Å². The molecule has 0 amide bonds. The quantitative estimate of drug-likeness (QED) is 0.387. The van der Waals surface area contributed by atoms with Crippen molar-refractivity contribution in [1.82, 2.24) is 0 Å². The molecule has 0 aromatic heterocycles. The topological polar surface area (TPSA) is 36.9 Å². The molecule has 0 saturated heterocycles. The summed E-state index contributed by atoms with van der Waals surface area (Å²) in [6.07, 6.45) is 7.42. The molecule has 4 heteroatoms. The normalized spacial score (nSPS) is 11.1. The van der Waals surface area contributed by atoms with Crippen molar-refractivity contribution in [3.05, 3.63) is 83.4 Å². The summed E-state index contributed by atoms with van der Waals surface area (Å²) in [5.74, 6) is 2.51. The Hall–Kier alpha value is -3.24. The SMILES string of the molecule is C=CCc1c(/C=C\COC)ccc(OC)c1Cc1c(OC)ccc2ccc(OC)cc12. The second-order valence-corrected chi connectivity index (χ2v) is 7.17. The molecular formula is C27H30O4. The number of allylic oxidation sites excluding steroid dienone is 1. The first-order valence-electron chi connectivity index (χ1n) is 10.3. The molecule has 0 aliphatic carbocycles. The van der Waals surface area contributed by atoms with E-state index in [0.29, 0.717) is 13.0 Å². The van der Waals surface area contributed by atoms with E-state index in [-0.39, 0.29) is 0 Å². The summed E-state index contributed by atoms with van der Waals surface area (Å²) in [5.41, 5.74) is 4.53. The molecule has 3 aromatic rings. The van der Waals surface area contributed by atoms with Gasteiger partial charge in [0, 0.05) is 24.7 Å². The largest absolute Gasteiger partial charge is 0.497 e. The molecule has 0 spiro atoms. The average molecular weight is 419 g/mol. The summed E-state index contributed by atoms with van der Waals surface area (Å²) >= 11 is 0. The Morgan fingerprint density at radius 1 is 0.806 bits per heavy atom. The maximum absolute atomic E-state index is 5.77. The lowest BCUT2D eigenvalue weighted by atomic mass is 9.90. The van der Waals surface area contributed by atoms with Crippen LogP contribution in [0.5, 0.6) is 17.2 Å². The minimum absolute atomic E-state index is 0.561. The van der Waals surface area contributed by atoms with E-state index >= 15 is 0 Å². The van der Waals surface area contributed by atoms with Gasteiger partial charge in [0.2, 0.25) is 0 Å². The summed E-state index contributed by atoms with van der Waals surface area (Å²) in [6, 6.07) is 14.3. The Labute approximate surface area is 184 Å². The Bertz CT molecular complexity index is 1080. The first-order chi connectivity index (χ1) is 15.2. The van der Waals surface area contributed by atoms with Gasteiger partial charge in [0.25, 0.3) is 0 Å².